The standard InChI is InChI=1S/C14H15F3O2/c1-3-4-5-10-6-7-12(14(15,16)17)11(8-10)9-13(18)19-2/h3,6-8H,1,4-5,9H2,2H3. The molecule has 0 spiro atoms. The van der Waals surface area contributed by atoms with Crippen molar-refractivity contribution in [1.29, 1.82) is 0 Å². The van der Waals surface area contributed by atoms with Crippen molar-refractivity contribution in [2.75, 3.05) is 7.11 Å². The van der Waals surface area contributed by atoms with Crippen molar-refractivity contribution in [3.8, 4) is 0 Å². The summed E-state index contributed by atoms with van der Waals surface area (Å²) in [5.41, 5.74) is -0.104. The molecule has 1 rings (SSSR count). The number of rotatable bonds is 5. The van der Waals surface area contributed by atoms with Gasteiger partial charge in [-0.1, -0.05) is 18.2 Å². The molecule has 0 aliphatic rings. The monoisotopic (exact) mass is 272 g/mol. The Hall–Kier alpha value is -1.78. The van der Waals surface area contributed by atoms with E-state index in [9.17, 15) is 18.0 Å². The van der Waals surface area contributed by atoms with Crippen molar-refractivity contribution in [3.05, 3.63) is 47.5 Å². The predicted molar refractivity (Wildman–Crippen MR) is 65.7 cm³/mol. The molecule has 0 radical (unpaired) electrons. The molecule has 0 atom stereocenters. The number of hydrogen-bond donors (Lipinski definition) is 0. The summed E-state index contributed by atoms with van der Waals surface area (Å²) in [4.78, 5) is 11.2. The van der Waals surface area contributed by atoms with Crippen molar-refractivity contribution in [1.82, 2.24) is 0 Å². The first kappa shape index (κ1) is 15.3. The van der Waals surface area contributed by atoms with Crippen LogP contribution in [0.3, 0.4) is 0 Å². The maximum Gasteiger partial charge on any atom is 0.416 e. The van der Waals surface area contributed by atoms with Gasteiger partial charge in [0.1, 0.15) is 0 Å². The van der Waals surface area contributed by atoms with Crippen LogP contribution >= 0.6 is 0 Å². The van der Waals surface area contributed by atoms with Crippen molar-refractivity contribution in [2.45, 2.75) is 25.4 Å². The molecule has 0 bridgehead atoms. The number of alkyl halides is 3. The van der Waals surface area contributed by atoms with Crippen LogP contribution in [0.25, 0.3) is 0 Å². The SMILES string of the molecule is C=CCCc1ccc(C(F)(F)F)c(CC(=O)OC)c1. The lowest BCUT2D eigenvalue weighted by molar-refractivity contribution is -0.141. The summed E-state index contributed by atoms with van der Waals surface area (Å²) in [6, 6.07) is 3.84. The highest BCUT2D eigenvalue weighted by molar-refractivity contribution is 5.73. The maximum absolute atomic E-state index is 12.8. The molecule has 2 nitrogen and oxygen atoms in total. The van der Waals surface area contributed by atoms with Gasteiger partial charge in [0.05, 0.1) is 19.1 Å². The topological polar surface area (TPSA) is 26.3 Å². The summed E-state index contributed by atoms with van der Waals surface area (Å²) in [6.07, 6.45) is -1.90. The zero-order chi connectivity index (χ0) is 14.5. The summed E-state index contributed by atoms with van der Waals surface area (Å²) < 4.78 is 42.9. The Bertz CT molecular complexity index is 464. The highest BCUT2D eigenvalue weighted by Crippen LogP contribution is 2.33. The van der Waals surface area contributed by atoms with Gasteiger partial charge in [0.2, 0.25) is 0 Å². The summed E-state index contributed by atoms with van der Waals surface area (Å²) in [5.74, 6) is -0.689. The van der Waals surface area contributed by atoms with Gasteiger partial charge in [0.25, 0.3) is 0 Å². The van der Waals surface area contributed by atoms with Crippen LogP contribution in [0.15, 0.2) is 30.9 Å². The van der Waals surface area contributed by atoms with E-state index in [1.165, 1.54) is 12.1 Å². The quantitative estimate of drug-likeness (QED) is 0.605. The molecule has 1 aromatic rings. The average Bonchev–Trinajstić information content (AvgIpc) is 2.35. The first-order valence-electron chi connectivity index (χ1n) is 5.75. The summed E-state index contributed by atoms with van der Waals surface area (Å²) in [6.45, 7) is 3.56. The Labute approximate surface area is 109 Å². The molecule has 0 unspecified atom stereocenters. The van der Waals surface area contributed by atoms with E-state index in [-0.39, 0.29) is 12.0 Å². The van der Waals surface area contributed by atoms with Gasteiger partial charge < -0.3 is 4.74 Å². The number of hydrogen-bond acceptors (Lipinski definition) is 2. The summed E-state index contributed by atoms with van der Waals surface area (Å²) >= 11 is 0. The minimum atomic E-state index is -4.47. The number of esters is 1. The number of halogens is 3. The van der Waals surface area contributed by atoms with Gasteiger partial charge in [-0.3, -0.25) is 4.79 Å². The Morgan fingerprint density at radius 1 is 1.42 bits per heavy atom. The lowest BCUT2D eigenvalue weighted by Gasteiger charge is -2.13. The minimum absolute atomic E-state index is 0.0547. The van der Waals surface area contributed by atoms with E-state index < -0.39 is 17.7 Å². The molecular formula is C14H15F3O2. The molecule has 0 aromatic heterocycles. The minimum Gasteiger partial charge on any atom is -0.469 e. The number of benzene rings is 1. The first-order chi connectivity index (χ1) is 8.88. The Morgan fingerprint density at radius 3 is 2.63 bits per heavy atom. The fourth-order valence-electron chi connectivity index (χ4n) is 1.72. The van der Waals surface area contributed by atoms with Crippen LogP contribution in [-0.2, 0) is 28.5 Å². The Balaban J connectivity index is 3.10. The second-order valence-electron chi connectivity index (χ2n) is 4.07. The molecule has 19 heavy (non-hydrogen) atoms. The smallest absolute Gasteiger partial charge is 0.416 e. The molecule has 0 heterocycles. The second-order valence-corrected chi connectivity index (χ2v) is 4.07. The number of aryl methyl sites for hydroxylation is 1. The van der Waals surface area contributed by atoms with Crippen LogP contribution in [0.4, 0.5) is 13.2 Å². The van der Waals surface area contributed by atoms with Crippen molar-refractivity contribution >= 4 is 5.97 Å². The third-order valence-corrected chi connectivity index (χ3v) is 2.67. The van der Waals surface area contributed by atoms with Gasteiger partial charge in [0.15, 0.2) is 0 Å². The van der Waals surface area contributed by atoms with E-state index >= 15 is 0 Å². The van der Waals surface area contributed by atoms with Gasteiger partial charge in [-0.05, 0) is 30.0 Å². The maximum atomic E-state index is 12.8. The molecule has 0 aliphatic heterocycles. The van der Waals surface area contributed by atoms with Crippen LogP contribution in [0, 0.1) is 0 Å². The average molecular weight is 272 g/mol. The zero-order valence-electron chi connectivity index (χ0n) is 10.6. The van der Waals surface area contributed by atoms with E-state index in [0.717, 1.165) is 18.7 Å². The highest BCUT2D eigenvalue weighted by Gasteiger charge is 2.33. The summed E-state index contributed by atoms with van der Waals surface area (Å²) in [7, 11) is 1.15. The van der Waals surface area contributed by atoms with Gasteiger partial charge in [0, 0.05) is 0 Å². The second kappa shape index (κ2) is 6.41. The van der Waals surface area contributed by atoms with Crippen LogP contribution in [-0.4, -0.2) is 13.1 Å². The lowest BCUT2D eigenvalue weighted by Crippen LogP contribution is -2.13. The number of carbonyl (C=O) groups excluding carboxylic acids is 1. The van der Waals surface area contributed by atoms with Crippen molar-refractivity contribution in [2.24, 2.45) is 0 Å². The molecule has 0 saturated heterocycles. The van der Waals surface area contributed by atoms with E-state index in [4.69, 9.17) is 0 Å². The largest absolute Gasteiger partial charge is 0.469 e. The molecule has 104 valence electrons. The van der Waals surface area contributed by atoms with Crippen LogP contribution < -0.4 is 0 Å². The molecule has 0 N–H and O–H groups in total. The molecule has 0 fully saturated rings. The van der Waals surface area contributed by atoms with Gasteiger partial charge in [-0.25, -0.2) is 0 Å². The van der Waals surface area contributed by atoms with Crippen molar-refractivity contribution in [3.63, 3.8) is 0 Å². The predicted octanol–water partition coefficient (Wildman–Crippen LogP) is 3.54. The fourth-order valence-corrected chi connectivity index (χ4v) is 1.72. The number of carbonyl (C=O) groups is 1. The molecule has 0 aliphatic carbocycles. The molecule has 5 heteroatoms. The fraction of sp³-hybridized carbons (Fsp3) is 0.357. The van der Waals surface area contributed by atoms with E-state index in [1.807, 2.05) is 0 Å². The number of allylic oxidation sites excluding steroid dienone is 1. The van der Waals surface area contributed by atoms with Crippen LogP contribution in [0.2, 0.25) is 0 Å². The van der Waals surface area contributed by atoms with Crippen molar-refractivity contribution < 1.29 is 22.7 Å². The third-order valence-electron chi connectivity index (χ3n) is 2.67. The number of methoxy groups -OCH3 is 1. The number of ether oxygens (including phenoxy) is 1. The van der Waals surface area contributed by atoms with E-state index in [2.05, 4.69) is 11.3 Å². The third kappa shape index (κ3) is 4.43. The molecule has 0 amide bonds. The van der Waals surface area contributed by atoms with E-state index in [1.54, 1.807) is 6.08 Å². The van der Waals surface area contributed by atoms with Gasteiger partial charge >= 0.3 is 12.1 Å². The zero-order valence-corrected chi connectivity index (χ0v) is 10.6. The Morgan fingerprint density at radius 2 is 2.11 bits per heavy atom. The molecule has 0 saturated carbocycles. The van der Waals surface area contributed by atoms with Crippen LogP contribution in [0.1, 0.15) is 23.1 Å². The van der Waals surface area contributed by atoms with Gasteiger partial charge in [-0.15, -0.1) is 6.58 Å². The van der Waals surface area contributed by atoms with E-state index in [0.29, 0.717) is 12.8 Å². The molecule has 1 aromatic carbocycles. The van der Waals surface area contributed by atoms with Gasteiger partial charge in [-0.2, -0.15) is 13.2 Å². The van der Waals surface area contributed by atoms with Crippen LogP contribution in [0.5, 0.6) is 0 Å². The normalized spacial score (nSPS) is 11.2. The lowest BCUT2D eigenvalue weighted by atomic mass is 9.98. The highest BCUT2D eigenvalue weighted by atomic mass is 19.4. The Kier molecular flexibility index (Phi) is 5.15. The molecular weight excluding hydrogens is 257 g/mol. The first-order valence-corrected chi connectivity index (χ1v) is 5.75. The summed E-state index contributed by atoms with van der Waals surface area (Å²) in [5, 5.41) is 0.